The van der Waals surface area contributed by atoms with Crippen LogP contribution in [0.15, 0.2) is 30.3 Å². The number of Topliss-reactive ketones (excluding diaryl/α,β-unsaturated/α-hetero) is 1. The van der Waals surface area contributed by atoms with Crippen LogP contribution in [0.3, 0.4) is 0 Å². The second kappa shape index (κ2) is 7.56. The molecule has 0 saturated heterocycles. The Hall–Kier alpha value is -1.84. The SMILES string of the molecule is COC(=O)NC(CC(=O)C(C)C)Cc1ccccc1. The molecule has 1 atom stereocenters. The summed E-state index contributed by atoms with van der Waals surface area (Å²) >= 11 is 0. The molecule has 0 saturated carbocycles. The molecule has 0 heterocycles. The number of amides is 1. The van der Waals surface area contributed by atoms with Crippen LogP contribution < -0.4 is 5.32 Å². The van der Waals surface area contributed by atoms with E-state index in [4.69, 9.17) is 0 Å². The number of ketones is 1. The zero-order valence-corrected chi connectivity index (χ0v) is 11.7. The molecule has 0 radical (unpaired) electrons. The van der Waals surface area contributed by atoms with E-state index in [2.05, 4.69) is 10.1 Å². The van der Waals surface area contributed by atoms with E-state index >= 15 is 0 Å². The van der Waals surface area contributed by atoms with Crippen molar-refractivity contribution in [2.24, 2.45) is 5.92 Å². The van der Waals surface area contributed by atoms with Crippen LogP contribution in [0.5, 0.6) is 0 Å². The summed E-state index contributed by atoms with van der Waals surface area (Å²) in [6, 6.07) is 9.54. The van der Waals surface area contributed by atoms with Crippen molar-refractivity contribution < 1.29 is 14.3 Å². The summed E-state index contributed by atoms with van der Waals surface area (Å²) in [6.07, 6.45) is 0.438. The molecule has 0 aliphatic rings. The van der Waals surface area contributed by atoms with E-state index in [0.717, 1.165) is 5.56 Å². The van der Waals surface area contributed by atoms with Crippen molar-refractivity contribution in [2.75, 3.05) is 7.11 Å². The van der Waals surface area contributed by atoms with Gasteiger partial charge in [0, 0.05) is 18.4 Å². The maximum Gasteiger partial charge on any atom is 0.407 e. The fraction of sp³-hybridized carbons (Fsp3) is 0.467. The highest BCUT2D eigenvalue weighted by Gasteiger charge is 2.18. The molecule has 1 unspecified atom stereocenters. The Kier molecular flexibility index (Phi) is 6.06. The topological polar surface area (TPSA) is 55.4 Å². The first-order valence-electron chi connectivity index (χ1n) is 6.44. The second-order valence-corrected chi connectivity index (χ2v) is 4.85. The molecule has 1 aromatic carbocycles. The summed E-state index contributed by atoms with van der Waals surface area (Å²) in [5.74, 6) is 0.107. The molecular weight excluding hydrogens is 242 g/mol. The molecule has 104 valence electrons. The summed E-state index contributed by atoms with van der Waals surface area (Å²) < 4.78 is 4.60. The molecule has 4 nitrogen and oxygen atoms in total. The molecule has 4 heteroatoms. The Bertz CT molecular complexity index is 415. The fourth-order valence-electron chi connectivity index (χ4n) is 1.78. The summed E-state index contributed by atoms with van der Waals surface area (Å²) in [5, 5.41) is 2.72. The zero-order chi connectivity index (χ0) is 14.3. The number of carbonyl (C=O) groups excluding carboxylic acids is 2. The van der Waals surface area contributed by atoms with Gasteiger partial charge in [-0.2, -0.15) is 0 Å². The molecular formula is C15H21NO3. The molecule has 1 aromatic rings. The quantitative estimate of drug-likeness (QED) is 0.858. The van der Waals surface area contributed by atoms with Crippen molar-refractivity contribution in [3.63, 3.8) is 0 Å². The molecule has 19 heavy (non-hydrogen) atoms. The van der Waals surface area contributed by atoms with E-state index in [1.165, 1.54) is 7.11 Å². The van der Waals surface area contributed by atoms with Crippen molar-refractivity contribution in [2.45, 2.75) is 32.7 Å². The minimum atomic E-state index is -0.502. The number of carbonyl (C=O) groups is 2. The number of rotatable bonds is 6. The van der Waals surface area contributed by atoms with Crippen LogP contribution in [0, 0.1) is 5.92 Å². The van der Waals surface area contributed by atoms with Crippen LogP contribution >= 0.6 is 0 Å². The monoisotopic (exact) mass is 263 g/mol. The van der Waals surface area contributed by atoms with Crippen molar-refractivity contribution in [3.05, 3.63) is 35.9 Å². The average Bonchev–Trinajstić information content (AvgIpc) is 2.39. The van der Waals surface area contributed by atoms with Crippen molar-refractivity contribution in [3.8, 4) is 0 Å². The lowest BCUT2D eigenvalue weighted by atomic mass is 9.97. The highest BCUT2D eigenvalue weighted by Crippen LogP contribution is 2.09. The lowest BCUT2D eigenvalue weighted by Gasteiger charge is -2.18. The van der Waals surface area contributed by atoms with Gasteiger partial charge in [0.05, 0.1) is 7.11 Å². The minimum Gasteiger partial charge on any atom is -0.453 e. The number of hydrogen-bond acceptors (Lipinski definition) is 3. The van der Waals surface area contributed by atoms with Gasteiger partial charge < -0.3 is 10.1 Å². The summed E-state index contributed by atoms with van der Waals surface area (Å²) in [6.45, 7) is 3.72. The van der Waals surface area contributed by atoms with E-state index in [1.54, 1.807) is 0 Å². The van der Waals surface area contributed by atoms with Gasteiger partial charge in [-0.15, -0.1) is 0 Å². The molecule has 0 bridgehead atoms. The third kappa shape index (κ3) is 5.55. The normalized spacial score (nSPS) is 12.0. The van der Waals surface area contributed by atoms with Crippen LogP contribution in [0.25, 0.3) is 0 Å². The standard InChI is InChI=1S/C15H21NO3/c1-11(2)14(17)10-13(16-15(18)19-3)9-12-7-5-4-6-8-12/h4-8,11,13H,9-10H2,1-3H3,(H,16,18). The maximum atomic E-state index is 11.8. The second-order valence-electron chi connectivity index (χ2n) is 4.85. The molecule has 1 rings (SSSR count). The lowest BCUT2D eigenvalue weighted by molar-refractivity contribution is -0.122. The first kappa shape index (κ1) is 15.2. The number of nitrogens with one attached hydrogen (secondary N) is 1. The van der Waals surface area contributed by atoms with E-state index in [9.17, 15) is 9.59 Å². The van der Waals surface area contributed by atoms with Gasteiger partial charge in [-0.05, 0) is 12.0 Å². The van der Waals surface area contributed by atoms with Crippen molar-refractivity contribution in [1.29, 1.82) is 0 Å². The molecule has 1 N–H and O–H groups in total. The summed E-state index contributed by atoms with van der Waals surface area (Å²) in [7, 11) is 1.32. The number of methoxy groups -OCH3 is 1. The Morgan fingerprint density at radius 3 is 2.37 bits per heavy atom. The summed E-state index contributed by atoms with van der Waals surface area (Å²) in [5.41, 5.74) is 1.08. The Balaban J connectivity index is 2.69. The average molecular weight is 263 g/mol. The Labute approximate surface area is 114 Å². The first-order valence-corrected chi connectivity index (χ1v) is 6.44. The first-order chi connectivity index (χ1) is 9.02. The highest BCUT2D eigenvalue weighted by atomic mass is 16.5. The van der Waals surface area contributed by atoms with Gasteiger partial charge in [-0.3, -0.25) is 4.79 Å². The van der Waals surface area contributed by atoms with Gasteiger partial charge in [-0.25, -0.2) is 4.79 Å². The van der Waals surface area contributed by atoms with Crippen molar-refractivity contribution >= 4 is 11.9 Å². The van der Waals surface area contributed by atoms with Gasteiger partial charge in [-0.1, -0.05) is 44.2 Å². The van der Waals surface area contributed by atoms with E-state index in [1.807, 2.05) is 44.2 Å². The molecule has 0 spiro atoms. The van der Waals surface area contributed by atoms with E-state index in [-0.39, 0.29) is 17.7 Å². The molecule has 0 aliphatic carbocycles. The number of hydrogen-bond donors (Lipinski definition) is 1. The van der Waals surface area contributed by atoms with Gasteiger partial charge >= 0.3 is 6.09 Å². The smallest absolute Gasteiger partial charge is 0.407 e. The fourth-order valence-corrected chi connectivity index (χ4v) is 1.78. The van der Waals surface area contributed by atoms with Crippen LogP contribution in [0.2, 0.25) is 0 Å². The Morgan fingerprint density at radius 1 is 1.21 bits per heavy atom. The van der Waals surface area contributed by atoms with Gasteiger partial charge in [0.25, 0.3) is 0 Å². The number of benzene rings is 1. The third-order valence-electron chi connectivity index (χ3n) is 2.92. The largest absolute Gasteiger partial charge is 0.453 e. The predicted octanol–water partition coefficient (Wildman–Crippen LogP) is 2.57. The van der Waals surface area contributed by atoms with E-state index in [0.29, 0.717) is 12.8 Å². The minimum absolute atomic E-state index is 0.0299. The zero-order valence-electron chi connectivity index (χ0n) is 11.7. The van der Waals surface area contributed by atoms with E-state index < -0.39 is 6.09 Å². The summed E-state index contributed by atoms with van der Waals surface area (Å²) in [4.78, 5) is 23.1. The molecule has 0 aromatic heterocycles. The third-order valence-corrected chi connectivity index (χ3v) is 2.92. The Morgan fingerprint density at radius 2 is 1.84 bits per heavy atom. The van der Waals surface area contributed by atoms with Crippen LogP contribution in [0.4, 0.5) is 4.79 Å². The van der Waals surface area contributed by atoms with Crippen LogP contribution in [-0.4, -0.2) is 25.0 Å². The van der Waals surface area contributed by atoms with Gasteiger partial charge in [0.2, 0.25) is 0 Å². The molecule has 1 amide bonds. The van der Waals surface area contributed by atoms with Gasteiger partial charge in [0.15, 0.2) is 0 Å². The number of alkyl carbamates (subject to hydrolysis) is 1. The maximum absolute atomic E-state index is 11.8. The lowest BCUT2D eigenvalue weighted by Crippen LogP contribution is -2.38. The van der Waals surface area contributed by atoms with Gasteiger partial charge in [0.1, 0.15) is 5.78 Å². The highest BCUT2D eigenvalue weighted by molar-refractivity contribution is 5.81. The number of ether oxygens (including phenoxy) is 1. The van der Waals surface area contributed by atoms with Crippen LogP contribution in [0.1, 0.15) is 25.8 Å². The molecule has 0 aliphatic heterocycles. The van der Waals surface area contributed by atoms with Crippen molar-refractivity contribution in [1.82, 2.24) is 5.32 Å². The van der Waals surface area contributed by atoms with Crippen LogP contribution in [-0.2, 0) is 16.0 Å². The predicted molar refractivity (Wildman–Crippen MR) is 73.9 cm³/mol. The molecule has 0 fully saturated rings.